The third-order valence-electron chi connectivity index (χ3n) is 3.05. The third-order valence-corrected chi connectivity index (χ3v) is 4.12. The van der Waals surface area contributed by atoms with Crippen molar-refractivity contribution in [3.05, 3.63) is 64.7 Å². The van der Waals surface area contributed by atoms with Gasteiger partial charge in [0, 0.05) is 4.90 Å². The van der Waals surface area contributed by atoms with Gasteiger partial charge in [-0.25, -0.2) is 5.43 Å². The third kappa shape index (κ3) is 5.40. The van der Waals surface area contributed by atoms with Crippen LogP contribution in [-0.4, -0.2) is 30.8 Å². The molecule has 0 unspecified atom stereocenters. The van der Waals surface area contributed by atoms with Gasteiger partial charge >= 0.3 is 0 Å². The van der Waals surface area contributed by atoms with E-state index in [0.29, 0.717) is 10.6 Å². The lowest BCUT2D eigenvalue weighted by Gasteiger charge is -2.05. The van der Waals surface area contributed by atoms with Crippen molar-refractivity contribution in [2.75, 3.05) is 12.8 Å². The van der Waals surface area contributed by atoms with E-state index in [1.165, 1.54) is 6.21 Å². The second-order valence-electron chi connectivity index (χ2n) is 4.73. The molecule has 124 valence electrons. The molecule has 0 atom stereocenters. The molecule has 7 heteroatoms. The molecule has 2 N–H and O–H groups in total. The highest BCUT2D eigenvalue weighted by Crippen LogP contribution is 2.14. The summed E-state index contributed by atoms with van der Waals surface area (Å²) in [6.07, 6.45) is 3.54. The lowest BCUT2D eigenvalue weighted by Crippen LogP contribution is -2.35. The minimum Gasteiger partial charge on any atom is -0.343 e. The first-order chi connectivity index (χ1) is 11.6. The van der Waals surface area contributed by atoms with Gasteiger partial charge in [-0.3, -0.25) is 9.59 Å². The molecule has 0 aliphatic carbocycles. The lowest BCUT2D eigenvalue weighted by atomic mass is 10.2. The van der Waals surface area contributed by atoms with Gasteiger partial charge in [-0.15, -0.1) is 11.8 Å². The van der Waals surface area contributed by atoms with E-state index in [0.717, 1.165) is 10.5 Å². The Morgan fingerprint density at radius 3 is 2.54 bits per heavy atom. The van der Waals surface area contributed by atoms with E-state index in [1.54, 1.807) is 36.0 Å². The van der Waals surface area contributed by atoms with Crippen LogP contribution in [0, 0.1) is 0 Å². The van der Waals surface area contributed by atoms with E-state index in [9.17, 15) is 9.59 Å². The van der Waals surface area contributed by atoms with Gasteiger partial charge in [0.15, 0.2) is 0 Å². The number of rotatable bonds is 6. The van der Waals surface area contributed by atoms with Crippen molar-refractivity contribution in [2.24, 2.45) is 5.10 Å². The van der Waals surface area contributed by atoms with Crippen LogP contribution in [-0.2, 0) is 4.79 Å². The molecule has 0 aliphatic rings. The molecule has 2 rings (SSSR count). The number of carbonyl (C=O) groups excluding carboxylic acids is 2. The Morgan fingerprint density at radius 2 is 1.88 bits per heavy atom. The Labute approximate surface area is 149 Å². The zero-order valence-corrected chi connectivity index (χ0v) is 14.5. The highest BCUT2D eigenvalue weighted by atomic mass is 35.5. The maximum atomic E-state index is 11.9. The zero-order chi connectivity index (χ0) is 17.4. The number of hydrazone groups is 1. The molecule has 24 heavy (non-hydrogen) atoms. The molecule has 0 radical (unpaired) electrons. The van der Waals surface area contributed by atoms with E-state index in [-0.39, 0.29) is 6.54 Å². The Kier molecular flexibility index (Phi) is 6.84. The fraction of sp³-hybridized carbons (Fsp3) is 0.118. The van der Waals surface area contributed by atoms with Crippen molar-refractivity contribution in [3.8, 4) is 0 Å². The highest BCUT2D eigenvalue weighted by Gasteiger charge is 2.10. The minimum atomic E-state index is -0.424. The van der Waals surface area contributed by atoms with Crippen LogP contribution in [0.5, 0.6) is 0 Å². The summed E-state index contributed by atoms with van der Waals surface area (Å²) in [5.74, 6) is -0.834. The second-order valence-corrected chi connectivity index (χ2v) is 6.02. The summed E-state index contributed by atoms with van der Waals surface area (Å²) in [6, 6.07) is 14.4. The SMILES string of the molecule is CSc1ccc(/C=N/NC(=O)CNC(=O)c2ccccc2Cl)cc1. The van der Waals surface area contributed by atoms with Gasteiger partial charge < -0.3 is 5.32 Å². The Balaban J connectivity index is 1.79. The molecule has 0 bridgehead atoms. The Bertz CT molecular complexity index is 748. The fourth-order valence-corrected chi connectivity index (χ4v) is 2.44. The van der Waals surface area contributed by atoms with Crippen LogP contribution in [0.15, 0.2) is 58.5 Å². The van der Waals surface area contributed by atoms with E-state index >= 15 is 0 Å². The van der Waals surface area contributed by atoms with Gasteiger partial charge in [0.1, 0.15) is 0 Å². The van der Waals surface area contributed by atoms with Gasteiger partial charge in [-0.2, -0.15) is 5.10 Å². The summed E-state index contributed by atoms with van der Waals surface area (Å²) in [5.41, 5.74) is 3.55. The van der Waals surface area contributed by atoms with E-state index in [1.807, 2.05) is 30.5 Å². The van der Waals surface area contributed by atoms with Crippen molar-refractivity contribution in [1.82, 2.24) is 10.7 Å². The standard InChI is InChI=1S/C17H16ClN3O2S/c1-24-13-8-6-12(7-9-13)10-20-21-16(22)11-19-17(23)14-4-2-3-5-15(14)18/h2-10H,11H2,1H3,(H,19,23)(H,21,22)/b20-10+. The average Bonchev–Trinajstić information content (AvgIpc) is 2.60. The summed E-state index contributed by atoms with van der Waals surface area (Å²) in [4.78, 5) is 24.7. The number of nitrogens with one attached hydrogen (secondary N) is 2. The summed E-state index contributed by atoms with van der Waals surface area (Å²) < 4.78 is 0. The van der Waals surface area contributed by atoms with Crippen molar-refractivity contribution in [3.63, 3.8) is 0 Å². The number of nitrogens with zero attached hydrogens (tertiary/aromatic N) is 1. The molecule has 0 fully saturated rings. The molecule has 0 spiro atoms. The van der Waals surface area contributed by atoms with Crippen LogP contribution in [0.3, 0.4) is 0 Å². The van der Waals surface area contributed by atoms with Crippen molar-refractivity contribution in [1.29, 1.82) is 0 Å². The van der Waals surface area contributed by atoms with Gasteiger partial charge in [0.2, 0.25) is 0 Å². The van der Waals surface area contributed by atoms with Gasteiger partial charge in [-0.1, -0.05) is 35.9 Å². The fourth-order valence-electron chi connectivity index (χ4n) is 1.81. The summed E-state index contributed by atoms with van der Waals surface area (Å²) >= 11 is 7.57. The number of carbonyl (C=O) groups is 2. The quantitative estimate of drug-likeness (QED) is 0.472. The molecule has 2 aromatic rings. The number of benzene rings is 2. The molecule has 0 saturated carbocycles. The maximum Gasteiger partial charge on any atom is 0.259 e. The molecular weight excluding hydrogens is 346 g/mol. The normalized spacial score (nSPS) is 10.6. The first kappa shape index (κ1) is 18.0. The summed E-state index contributed by atoms with van der Waals surface area (Å²) in [7, 11) is 0. The van der Waals surface area contributed by atoms with Crippen LogP contribution >= 0.6 is 23.4 Å². The number of hydrogen-bond acceptors (Lipinski definition) is 4. The molecule has 2 amide bonds. The minimum absolute atomic E-state index is 0.188. The molecule has 0 heterocycles. The van der Waals surface area contributed by atoms with Crippen LogP contribution in [0.1, 0.15) is 15.9 Å². The molecule has 0 saturated heterocycles. The summed E-state index contributed by atoms with van der Waals surface area (Å²) in [5, 5.41) is 6.68. The molecule has 2 aromatic carbocycles. The van der Waals surface area contributed by atoms with E-state index in [4.69, 9.17) is 11.6 Å². The highest BCUT2D eigenvalue weighted by molar-refractivity contribution is 7.98. The predicted octanol–water partition coefficient (Wildman–Crippen LogP) is 2.94. The molecule has 0 aliphatic heterocycles. The van der Waals surface area contributed by atoms with Crippen LogP contribution < -0.4 is 10.7 Å². The van der Waals surface area contributed by atoms with E-state index < -0.39 is 11.8 Å². The van der Waals surface area contributed by atoms with Gasteiger partial charge in [0.25, 0.3) is 11.8 Å². The topological polar surface area (TPSA) is 70.6 Å². The van der Waals surface area contributed by atoms with Crippen LogP contribution in [0.25, 0.3) is 0 Å². The van der Waals surface area contributed by atoms with Crippen molar-refractivity contribution in [2.45, 2.75) is 4.90 Å². The number of thioether (sulfide) groups is 1. The lowest BCUT2D eigenvalue weighted by molar-refractivity contribution is -0.120. The Hall–Kier alpha value is -2.31. The Morgan fingerprint density at radius 1 is 1.17 bits per heavy atom. The van der Waals surface area contributed by atoms with Crippen LogP contribution in [0.4, 0.5) is 0 Å². The molecule has 5 nitrogen and oxygen atoms in total. The smallest absolute Gasteiger partial charge is 0.259 e. The number of hydrogen-bond donors (Lipinski definition) is 2. The molecule has 0 aromatic heterocycles. The van der Waals surface area contributed by atoms with Gasteiger partial charge in [-0.05, 0) is 36.1 Å². The van der Waals surface area contributed by atoms with Gasteiger partial charge in [0.05, 0.1) is 23.3 Å². The largest absolute Gasteiger partial charge is 0.343 e. The van der Waals surface area contributed by atoms with Crippen molar-refractivity contribution >= 4 is 41.4 Å². The van der Waals surface area contributed by atoms with E-state index in [2.05, 4.69) is 15.8 Å². The predicted molar refractivity (Wildman–Crippen MR) is 97.7 cm³/mol. The first-order valence-electron chi connectivity index (χ1n) is 7.09. The van der Waals surface area contributed by atoms with Crippen molar-refractivity contribution < 1.29 is 9.59 Å². The monoisotopic (exact) mass is 361 g/mol. The van der Waals surface area contributed by atoms with Crippen LogP contribution in [0.2, 0.25) is 5.02 Å². The average molecular weight is 362 g/mol. The number of amides is 2. The molecular formula is C17H16ClN3O2S. The summed E-state index contributed by atoms with van der Waals surface area (Å²) in [6.45, 7) is -0.188. The first-order valence-corrected chi connectivity index (χ1v) is 8.69. The maximum absolute atomic E-state index is 11.9. The zero-order valence-electron chi connectivity index (χ0n) is 13.0. The number of halogens is 1. The second kappa shape index (κ2) is 9.10.